The molecule has 0 radical (unpaired) electrons. The molecule has 0 spiro atoms. The van der Waals surface area contributed by atoms with Gasteiger partial charge in [-0.3, -0.25) is 4.79 Å². The fraction of sp³-hybridized carbons (Fsp3) is 0.833. The van der Waals surface area contributed by atoms with E-state index in [4.69, 9.17) is 0 Å². The Morgan fingerprint density at radius 1 is 1.38 bits per heavy atom. The third-order valence-electron chi connectivity index (χ3n) is 1.54. The highest BCUT2D eigenvalue weighted by Gasteiger charge is 2.12. The quantitative estimate of drug-likeness (QED) is 0.454. The molecule has 46 valence electrons. The van der Waals surface area contributed by atoms with Crippen molar-refractivity contribution < 1.29 is 4.79 Å². The first-order chi connectivity index (χ1) is 3.79. The van der Waals surface area contributed by atoms with Gasteiger partial charge in [-0.05, 0) is 19.0 Å². The molecule has 0 saturated carbocycles. The zero-order valence-electron chi connectivity index (χ0n) is 5.18. The minimum Gasteiger partial charge on any atom is -0.300 e. The Morgan fingerprint density at radius 3 is 2.25 bits per heavy atom. The van der Waals surface area contributed by atoms with E-state index >= 15 is 0 Å². The third kappa shape index (κ3) is 1.56. The minimum absolute atomic E-state index is 0.261. The van der Waals surface area contributed by atoms with Gasteiger partial charge in [-0.2, -0.15) is 0 Å². The van der Waals surface area contributed by atoms with Gasteiger partial charge in [0.05, 0.1) is 0 Å². The Hall–Kier alpha value is 0.100. The first kappa shape index (κ1) is 6.22. The Bertz CT molecular complexity index is 90.7. The van der Waals surface area contributed by atoms with E-state index in [9.17, 15) is 4.79 Å². The predicted molar refractivity (Wildman–Crippen MR) is 36.8 cm³/mol. The fourth-order valence-electron chi connectivity index (χ4n) is 0.868. The van der Waals surface area contributed by atoms with Crippen molar-refractivity contribution in [3.05, 3.63) is 0 Å². The Labute approximate surface area is 51.2 Å². The molecule has 0 atom stereocenters. The fourth-order valence-corrected chi connectivity index (χ4v) is 2.35. The molecule has 1 fully saturated rings. The molecule has 8 heavy (non-hydrogen) atoms. The van der Waals surface area contributed by atoms with Crippen LogP contribution in [0.2, 0.25) is 0 Å². The molecule has 1 nitrogen and oxygen atoms in total. The Kier molecular flexibility index (Phi) is 2.01. The van der Waals surface area contributed by atoms with E-state index in [0.717, 1.165) is 12.8 Å². The second-order valence-corrected chi connectivity index (χ2v) is 4.95. The molecular formula is C6H11OP. The lowest BCUT2D eigenvalue weighted by Gasteiger charge is -2.15. The molecule has 2 heteroatoms. The van der Waals surface area contributed by atoms with Crippen LogP contribution in [0.25, 0.3) is 0 Å². The maximum absolute atomic E-state index is 10.6. The van der Waals surface area contributed by atoms with E-state index < -0.39 is 0 Å². The van der Waals surface area contributed by atoms with Gasteiger partial charge in [-0.25, -0.2) is 0 Å². The van der Waals surface area contributed by atoms with Crippen LogP contribution in [0.4, 0.5) is 0 Å². The lowest BCUT2D eigenvalue weighted by atomic mass is 10.2. The van der Waals surface area contributed by atoms with Crippen LogP contribution in [-0.4, -0.2) is 24.8 Å². The van der Waals surface area contributed by atoms with Crippen LogP contribution < -0.4 is 0 Å². The molecule has 1 saturated heterocycles. The number of rotatable bonds is 0. The van der Waals surface area contributed by atoms with Crippen molar-refractivity contribution in [2.45, 2.75) is 12.8 Å². The molecule has 1 heterocycles. The summed E-state index contributed by atoms with van der Waals surface area (Å²) in [7, 11) is 0.261. The summed E-state index contributed by atoms with van der Waals surface area (Å²) in [5, 5.41) is 0. The molecule has 0 aliphatic carbocycles. The summed E-state index contributed by atoms with van der Waals surface area (Å²) in [6.45, 7) is 2.28. The van der Waals surface area contributed by atoms with E-state index in [1.807, 2.05) is 0 Å². The zero-order chi connectivity index (χ0) is 5.98. The minimum atomic E-state index is 0.261. The van der Waals surface area contributed by atoms with Crippen LogP contribution in [0.3, 0.4) is 0 Å². The summed E-state index contributed by atoms with van der Waals surface area (Å²) in [6.07, 6.45) is 4.10. The van der Waals surface area contributed by atoms with Crippen molar-refractivity contribution in [1.82, 2.24) is 0 Å². The van der Waals surface area contributed by atoms with Gasteiger partial charge in [0.2, 0.25) is 0 Å². The van der Waals surface area contributed by atoms with Gasteiger partial charge in [0.1, 0.15) is 5.78 Å². The van der Waals surface area contributed by atoms with Crippen molar-refractivity contribution >= 4 is 13.7 Å². The molecule has 0 aromatic rings. The third-order valence-corrected chi connectivity index (χ3v) is 3.52. The van der Waals surface area contributed by atoms with Gasteiger partial charge in [0, 0.05) is 12.8 Å². The summed E-state index contributed by atoms with van der Waals surface area (Å²) in [6, 6.07) is 0. The van der Waals surface area contributed by atoms with Gasteiger partial charge in [0.25, 0.3) is 0 Å². The summed E-state index contributed by atoms with van der Waals surface area (Å²) in [5.74, 6) is 0.477. The Balaban J connectivity index is 2.29. The van der Waals surface area contributed by atoms with Crippen LogP contribution in [0.5, 0.6) is 0 Å². The van der Waals surface area contributed by atoms with Crippen LogP contribution in [-0.2, 0) is 4.79 Å². The van der Waals surface area contributed by atoms with Crippen LogP contribution >= 0.6 is 7.92 Å². The molecule has 0 N–H and O–H groups in total. The van der Waals surface area contributed by atoms with E-state index in [2.05, 4.69) is 6.66 Å². The van der Waals surface area contributed by atoms with Crippen molar-refractivity contribution in [2.75, 3.05) is 19.0 Å². The molecule has 0 bridgehead atoms. The van der Waals surface area contributed by atoms with E-state index in [-0.39, 0.29) is 7.92 Å². The summed E-state index contributed by atoms with van der Waals surface area (Å²) in [4.78, 5) is 10.6. The highest BCUT2D eigenvalue weighted by molar-refractivity contribution is 7.57. The molecule has 0 aromatic heterocycles. The lowest BCUT2D eigenvalue weighted by molar-refractivity contribution is -0.118. The van der Waals surface area contributed by atoms with E-state index in [1.54, 1.807) is 0 Å². The van der Waals surface area contributed by atoms with Gasteiger partial charge in [0.15, 0.2) is 0 Å². The van der Waals surface area contributed by atoms with Crippen molar-refractivity contribution in [1.29, 1.82) is 0 Å². The molecule has 1 rings (SSSR count). The summed E-state index contributed by atoms with van der Waals surface area (Å²) < 4.78 is 0. The van der Waals surface area contributed by atoms with Crippen LogP contribution in [0.15, 0.2) is 0 Å². The SMILES string of the molecule is CP1CCC(=O)CC1. The second kappa shape index (κ2) is 2.59. The number of ketones is 1. The lowest BCUT2D eigenvalue weighted by Crippen LogP contribution is -2.09. The number of hydrogen-bond donors (Lipinski definition) is 0. The highest BCUT2D eigenvalue weighted by atomic mass is 31.1. The van der Waals surface area contributed by atoms with Crippen molar-refractivity contribution in [3.8, 4) is 0 Å². The highest BCUT2D eigenvalue weighted by Crippen LogP contribution is 2.35. The molecule has 0 aromatic carbocycles. The summed E-state index contributed by atoms with van der Waals surface area (Å²) in [5.41, 5.74) is 0. The average Bonchev–Trinajstić information content (AvgIpc) is 1.77. The average molecular weight is 130 g/mol. The van der Waals surface area contributed by atoms with Gasteiger partial charge >= 0.3 is 0 Å². The zero-order valence-corrected chi connectivity index (χ0v) is 6.08. The van der Waals surface area contributed by atoms with Gasteiger partial charge in [-0.15, -0.1) is 7.92 Å². The predicted octanol–water partition coefficient (Wildman–Crippen LogP) is 1.46. The smallest absolute Gasteiger partial charge is 0.133 e. The molecule has 1 aliphatic rings. The van der Waals surface area contributed by atoms with E-state index in [1.165, 1.54) is 12.3 Å². The van der Waals surface area contributed by atoms with Crippen LogP contribution in [0, 0.1) is 0 Å². The van der Waals surface area contributed by atoms with Crippen molar-refractivity contribution in [3.63, 3.8) is 0 Å². The summed E-state index contributed by atoms with van der Waals surface area (Å²) >= 11 is 0. The molecule has 0 amide bonds. The maximum atomic E-state index is 10.6. The van der Waals surface area contributed by atoms with Crippen molar-refractivity contribution in [2.24, 2.45) is 0 Å². The number of hydrogen-bond acceptors (Lipinski definition) is 1. The largest absolute Gasteiger partial charge is 0.300 e. The first-order valence-electron chi connectivity index (χ1n) is 2.99. The monoisotopic (exact) mass is 130 g/mol. The maximum Gasteiger partial charge on any atom is 0.133 e. The second-order valence-electron chi connectivity index (χ2n) is 2.34. The normalized spacial score (nSPS) is 23.9. The standard InChI is InChI=1S/C6H11OP/c1-8-4-2-6(7)3-5-8/h2-5H2,1H3. The van der Waals surface area contributed by atoms with E-state index in [0.29, 0.717) is 5.78 Å². The number of carbonyl (C=O) groups is 1. The number of carbonyl (C=O) groups excluding carboxylic acids is 1. The number of Topliss-reactive ketones (excluding diaryl/α,β-unsaturated/α-hetero) is 1. The molecular weight excluding hydrogens is 119 g/mol. The Morgan fingerprint density at radius 2 is 1.88 bits per heavy atom. The van der Waals surface area contributed by atoms with Gasteiger partial charge in [-0.1, -0.05) is 0 Å². The first-order valence-corrected chi connectivity index (χ1v) is 5.15. The van der Waals surface area contributed by atoms with Crippen LogP contribution in [0.1, 0.15) is 12.8 Å². The molecule has 0 unspecified atom stereocenters. The van der Waals surface area contributed by atoms with Gasteiger partial charge < -0.3 is 0 Å². The molecule has 1 aliphatic heterocycles. The topological polar surface area (TPSA) is 17.1 Å².